The van der Waals surface area contributed by atoms with Crippen LogP contribution in [0.25, 0.3) is 0 Å². The molecular formula is C35H61N3O9. The van der Waals surface area contributed by atoms with Crippen molar-refractivity contribution in [3.63, 3.8) is 0 Å². The van der Waals surface area contributed by atoms with Gasteiger partial charge in [-0.2, -0.15) is 0 Å². The molecule has 4 aliphatic rings. The Morgan fingerprint density at radius 3 is 2.36 bits per heavy atom. The minimum atomic E-state index is -1.12. The van der Waals surface area contributed by atoms with E-state index >= 15 is 0 Å². The first-order valence-corrected chi connectivity index (χ1v) is 17.6. The lowest BCUT2D eigenvalue weighted by atomic mass is 9.78. The Kier molecular flexibility index (Phi) is 12.6. The van der Waals surface area contributed by atoms with Gasteiger partial charge in [-0.15, -0.1) is 0 Å². The van der Waals surface area contributed by atoms with E-state index < -0.39 is 53.6 Å². The van der Waals surface area contributed by atoms with Crippen molar-refractivity contribution in [3.05, 3.63) is 0 Å². The smallest absolute Gasteiger partial charge is 0.316 e. The van der Waals surface area contributed by atoms with Crippen LogP contribution in [0, 0.1) is 23.7 Å². The highest BCUT2D eigenvalue weighted by Crippen LogP contribution is 2.41. The van der Waals surface area contributed by atoms with E-state index in [1.165, 1.54) is 13.3 Å². The van der Waals surface area contributed by atoms with Crippen LogP contribution in [0.1, 0.15) is 87.0 Å². The number of hydrogen-bond acceptors (Lipinski definition) is 12. The van der Waals surface area contributed by atoms with Gasteiger partial charge in [0, 0.05) is 43.6 Å². The zero-order chi connectivity index (χ0) is 34.8. The summed E-state index contributed by atoms with van der Waals surface area (Å²) < 4.78 is 31.0. The lowest BCUT2D eigenvalue weighted by Gasteiger charge is -2.47. The van der Waals surface area contributed by atoms with Crippen LogP contribution in [-0.2, 0) is 38.1 Å². The summed E-state index contributed by atoms with van der Waals surface area (Å²) in [5, 5.41) is 18.7. The van der Waals surface area contributed by atoms with Crippen LogP contribution in [0.2, 0.25) is 0 Å². The summed E-state index contributed by atoms with van der Waals surface area (Å²) >= 11 is 0. The predicted molar refractivity (Wildman–Crippen MR) is 175 cm³/mol. The zero-order valence-corrected chi connectivity index (χ0v) is 30.2. The summed E-state index contributed by atoms with van der Waals surface area (Å²) in [7, 11) is 5.46. The Morgan fingerprint density at radius 2 is 1.77 bits per heavy atom. The molecule has 4 rings (SSSR count). The van der Waals surface area contributed by atoms with Gasteiger partial charge < -0.3 is 44.3 Å². The van der Waals surface area contributed by atoms with Crippen molar-refractivity contribution in [2.75, 3.05) is 34.3 Å². The second-order valence-electron chi connectivity index (χ2n) is 15.5. The fourth-order valence-electron chi connectivity index (χ4n) is 7.99. The third-order valence-corrected chi connectivity index (χ3v) is 11.6. The number of methoxy groups -OCH3 is 1. The molecule has 3 N–H and O–H groups in total. The Labute approximate surface area is 281 Å². The van der Waals surface area contributed by atoms with Crippen LogP contribution in [0.4, 0.5) is 0 Å². The summed E-state index contributed by atoms with van der Waals surface area (Å²) in [6.07, 6.45) is 1.02. The zero-order valence-electron chi connectivity index (χ0n) is 30.2. The molecule has 0 radical (unpaired) electrons. The Bertz CT molecular complexity index is 1100. The first-order valence-electron chi connectivity index (χ1n) is 17.6. The molecular weight excluding hydrogens is 606 g/mol. The van der Waals surface area contributed by atoms with Gasteiger partial charge in [0.25, 0.3) is 0 Å². The molecule has 1 aliphatic carbocycles. The molecule has 3 aliphatic heterocycles. The van der Waals surface area contributed by atoms with Gasteiger partial charge in [0.2, 0.25) is 0 Å². The van der Waals surface area contributed by atoms with E-state index in [-0.39, 0.29) is 48.2 Å². The van der Waals surface area contributed by atoms with E-state index in [1.54, 1.807) is 27.9 Å². The molecule has 0 aromatic carbocycles. The number of ether oxygens (including phenoxy) is 5. The van der Waals surface area contributed by atoms with Gasteiger partial charge in [0.1, 0.15) is 18.1 Å². The highest BCUT2D eigenvalue weighted by Gasteiger charge is 2.54. The monoisotopic (exact) mass is 667 g/mol. The molecule has 0 aromatic rings. The number of nitrogens with zero attached hydrogens (tertiary/aromatic N) is 1. The highest BCUT2D eigenvalue weighted by atomic mass is 16.7. The number of carbonyl (C=O) groups is 3. The van der Waals surface area contributed by atoms with Crippen molar-refractivity contribution >= 4 is 17.7 Å². The maximum absolute atomic E-state index is 14.1. The van der Waals surface area contributed by atoms with E-state index in [4.69, 9.17) is 23.7 Å². The molecule has 4 fully saturated rings. The van der Waals surface area contributed by atoms with Crippen molar-refractivity contribution < 1.29 is 43.2 Å². The van der Waals surface area contributed by atoms with Crippen molar-refractivity contribution in [1.82, 2.24) is 15.5 Å². The van der Waals surface area contributed by atoms with Gasteiger partial charge in [0.15, 0.2) is 17.7 Å². The molecule has 0 aromatic heterocycles. The summed E-state index contributed by atoms with van der Waals surface area (Å²) in [4.78, 5) is 42.1. The molecule has 0 bridgehead atoms. The molecule has 12 nitrogen and oxygen atoms in total. The summed E-state index contributed by atoms with van der Waals surface area (Å²) in [6.45, 7) is 14.1. The number of cyclic esters (lactones) is 1. The second kappa shape index (κ2) is 15.5. The summed E-state index contributed by atoms with van der Waals surface area (Å²) in [5.74, 6) is -3.53. The number of aliphatic hydroxyl groups is 1. The predicted octanol–water partition coefficient (Wildman–Crippen LogP) is 2.44. The first kappa shape index (κ1) is 38.1. The standard InChI is InChI=1S/C35H61N3O9/c1-19-16-34(6,43-10)31(46-33-30(41)27(38(8)9)14-25(45-33)18-37-24-12-11-13-24)20(2)29(40)21(3)32(42)44-23(5)35(7)26(15-28(39)47-35)22(4)36-17-19/h19-27,30-31,33,36-37,41H,11-18H2,1-10H3/t19-,20+,21?,22-,23-,25?,26-,27?,30?,31-,33?,34-,35-/m1/s1. The van der Waals surface area contributed by atoms with E-state index in [0.717, 1.165) is 12.8 Å². The molecule has 1 saturated carbocycles. The fourth-order valence-corrected chi connectivity index (χ4v) is 7.99. The minimum Gasteiger partial charge on any atom is -0.458 e. The number of ketones is 1. The van der Waals surface area contributed by atoms with E-state index in [9.17, 15) is 19.5 Å². The second-order valence-corrected chi connectivity index (χ2v) is 15.5. The number of rotatable bonds is 7. The fraction of sp³-hybridized carbons (Fsp3) is 0.914. The number of carbonyl (C=O) groups excluding carboxylic acids is 3. The maximum atomic E-state index is 14.1. The van der Waals surface area contributed by atoms with Gasteiger partial charge in [-0.05, 0) is 86.9 Å². The van der Waals surface area contributed by atoms with Crippen LogP contribution in [0.15, 0.2) is 0 Å². The SMILES string of the molecule is CO[C@]1(C)C[C@@H](C)CN[C@H](C)[C@H]2CC(=O)O[C@]2(C)[C@@H](C)OC(=O)C(C)C(=O)[C@H](C)[C@H]1OC1OC(CNC2CCC2)CC(N(C)C)C1O. The molecule has 5 unspecified atom stereocenters. The number of likely N-dealkylation sites (N-methyl/N-ethyl adjacent to an activating group) is 1. The maximum Gasteiger partial charge on any atom is 0.316 e. The molecule has 270 valence electrons. The minimum absolute atomic E-state index is 0.0593. The van der Waals surface area contributed by atoms with E-state index in [2.05, 4.69) is 17.6 Å². The van der Waals surface area contributed by atoms with Crippen LogP contribution in [-0.4, -0.2) is 122 Å². The van der Waals surface area contributed by atoms with Crippen LogP contribution >= 0.6 is 0 Å². The van der Waals surface area contributed by atoms with Crippen molar-refractivity contribution in [2.24, 2.45) is 23.7 Å². The Balaban J connectivity index is 1.64. The highest BCUT2D eigenvalue weighted by molar-refractivity contribution is 6.00. The van der Waals surface area contributed by atoms with Gasteiger partial charge in [-0.1, -0.05) is 20.3 Å². The van der Waals surface area contributed by atoms with E-state index in [0.29, 0.717) is 32.0 Å². The van der Waals surface area contributed by atoms with Crippen molar-refractivity contribution in [2.45, 2.75) is 147 Å². The molecule has 12 heteroatoms. The average molecular weight is 668 g/mol. The number of aliphatic hydroxyl groups excluding tert-OH is 1. The number of Topliss-reactive ketones (excluding diaryl/α,β-unsaturated/α-hetero) is 1. The average Bonchev–Trinajstić information content (AvgIpc) is 3.31. The third kappa shape index (κ3) is 8.38. The molecule has 47 heavy (non-hydrogen) atoms. The van der Waals surface area contributed by atoms with Gasteiger partial charge in [-0.3, -0.25) is 14.4 Å². The van der Waals surface area contributed by atoms with Crippen LogP contribution in [0.5, 0.6) is 0 Å². The third-order valence-electron chi connectivity index (χ3n) is 11.6. The van der Waals surface area contributed by atoms with Gasteiger partial charge >= 0.3 is 11.9 Å². The van der Waals surface area contributed by atoms with Crippen molar-refractivity contribution in [3.8, 4) is 0 Å². The molecule has 0 amide bonds. The molecule has 13 atom stereocenters. The number of fused-ring (bicyclic) bond motifs is 1. The Hall–Kier alpha value is -1.67. The van der Waals surface area contributed by atoms with Crippen molar-refractivity contribution in [1.29, 1.82) is 0 Å². The lowest BCUT2D eigenvalue weighted by molar-refractivity contribution is -0.297. The molecule has 3 heterocycles. The molecule has 3 saturated heterocycles. The Morgan fingerprint density at radius 1 is 1.09 bits per heavy atom. The normalized spacial score (nSPS) is 44.6. The summed E-state index contributed by atoms with van der Waals surface area (Å²) in [6, 6.07) is 0.133. The van der Waals surface area contributed by atoms with Crippen LogP contribution < -0.4 is 10.6 Å². The van der Waals surface area contributed by atoms with Crippen LogP contribution in [0.3, 0.4) is 0 Å². The topological polar surface area (TPSA) is 145 Å². The van der Waals surface area contributed by atoms with Gasteiger partial charge in [0.05, 0.1) is 24.2 Å². The molecule has 0 spiro atoms. The lowest BCUT2D eigenvalue weighted by Crippen LogP contribution is -2.60. The van der Waals surface area contributed by atoms with Gasteiger partial charge in [-0.25, -0.2) is 0 Å². The first-order chi connectivity index (χ1) is 22.0. The summed E-state index contributed by atoms with van der Waals surface area (Å²) in [5.41, 5.74) is -2.05. The quantitative estimate of drug-likeness (QED) is 0.271. The van der Waals surface area contributed by atoms with E-state index in [1.807, 2.05) is 32.8 Å². The number of hydrogen-bond donors (Lipinski definition) is 3. The largest absolute Gasteiger partial charge is 0.458 e. The number of nitrogens with one attached hydrogen (secondary N) is 2. The number of esters is 2.